The number of aryl methyl sites for hydroxylation is 1. The first-order valence-corrected chi connectivity index (χ1v) is 2.22. The van der Waals surface area contributed by atoms with E-state index in [0.29, 0.717) is 0 Å². The topological polar surface area (TPSA) is 79.6 Å². The smallest absolute Gasteiger partial charge is 0.394 e. The van der Waals surface area contributed by atoms with Gasteiger partial charge in [-0.25, -0.2) is 10.3 Å². The Labute approximate surface area is 49.8 Å². The highest BCUT2D eigenvalue weighted by Crippen LogP contribution is 2.13. The molecule has 0 aliphatic heterocycles. The molecule has 0 aliphatic rings. The van der Waals surface area contributed by atoms with E-state index in [-0.39, 0.29) is 11.6 Å². The summed E-state index contributed by atoms with van der Waals surface area (Å²) in [7, 11) is 0. The van der Waals surface area contributed by atoms with Crippen molar-refractivity contribution in [1.29, 1.82) is 5.53 Å². The van der Waals surface area contributed by atoms with Crippen molar-refractivity contribution < 1.29 is 8.83 Å². The van der Waals surface area contributed by atoms with Crippen molar-refractivity contribution in [2.24, 2.45) is 5.11 Å². The first kappa shape index (κ1) is 5.74. The lowest BCUT2D eigenvalue weighted by atomic mass is 10.6. The monoisotopic (exact) mass is 128 g/mol. The van der Waals surface area contributed by atoms with Crippen LogP contribution in [0.25, 0.3) is 0 Å². The third kappa shape index (κ3) is 0.883. The van der Waals surface area contributed by atoms with Crippen LogP contribution in [-0.2, 0) is 0 Å². The summed E-state index contributed by atoms with van der Waals surface area (Å²) in [6, 6.07) is 0. The molecule has 0 spiro atoms. The Bertz CT molecular complexity index is 272. The van der Waals surface area contributed by atoms with Crippen LogP contribution in [0.15, 0.2) is 18.7 Å². The van der Waals surface area contributed by atoms with Gasteiger partial charge in [0.2, 0.25) is 0 Å². The molecule has 1 aromatic heterocycles. The Morgan fingerprint density at radius 3 is 2.44 bits per heavy atom. The van der Waals surface area contributed by atoms with Gasteiger partial charge in [0.1, 0.15) is 0 Å². The molecule has 0 saturated heterocycles. The molecule has 0 fully saturated rings. The molecule has 1 aromatic rings. The number of hydrogen-bond donors (Lipinski definition) is 1. The van der Waals surface area contributed by atoms with Crippen LogP contribution in [0, 0.1) is 12.5 Å². The van der Waals surface area contributed by atoms with Gasteiger partial charge in [-0.05, 0) is 6.92 Å². The van der Waals surface area contributed by atoms with Gasteiger partial charge < -0.3 is 8.83 Å². The molecule has 48 valence electrons. The van der Waals surface area contributed by atoms with E-state index in [0.717, 1.165) is 0 Å². The Hall–Kier alpha value is -1.39. The predicted octanol–water partition coefficient (Wildman–Crippen LogP) is 1.20. The van der Waals surface area contributed by atoms with Gasteiger partial charge in [-0.3, -0.25) is 0 Å². The highest BCUT2D eigenvalue weighted by Gasteiger charge is 2.04. The quantitative estimate of drug-likeness (QED) is 0.577. The van der Waals surface area contributed by atoms with Crippen LogP contribution in [-0.4, -0.2) is 0 Å². The molecule has 5 nitrogen and oxygen atoms in total. The zero-order chi connectivity index (χ0) is 6.85. The zero-order valence-corrected chi connectivity index (χ0v) is 4.67. The molecule has 9 heavy (non-hydrogen) atoms. The van der Waals surface area contributed by atoms with E-state index < -0.39 is 5.82 Å². The van der Waals surface area contributed by atoms with Gasteiger partial charge in [0.05, 0.1) is 0 Å². The summed E-state index contributed by atoms with van der Waals surface area (Å²) in [6.45, 7) is 1.50. The molecule has 1 N–H and O–H groups in total. The molecule has 0 aliphatic carbocycles. The number of nitrogens with zero attached hydrogens (tertiary/aromatic N) is 1. The van der Waals surface area contributed by atoms with E-state index in [4.69, 9.17) is 5.53 Å². The van der Waals surface area contributed by atoms with Crippen molar-refractivity contribution in [3.05, 3.63) is 16.4 Å². The van der Waals surface area contributed by atoms with E-state index in [1.165, 1.54) is 6.92 Å². The van der Waals surface area contributed by atoms with Gasteiger partial charge in [0.15, 0.2) is 5.76 Å². The maximum absolute atomic E-state index is 10.2. The van der Waals surface area contributed by atoms with E-state index in [1.54, 1.807) is 0 Å². The van der Waals surface area contributed by atoms with Crippen LogP contribution in [0.2, 0.25) is 0 Å². The molecule has 1 rings (SSSR count). The average molecular weight is 128 g/mol. The first-order chi connectivity index (χ1) is 4.24. The largest absolute Gasteiger partial charge is 0.520 e. The van der Waals surface area contributed by atoms with Gasteiger partial charge in [0.25, 0.3) is 5.88 Å². The summed E-state index contributed by atoms with van der Waals surface area (Å²) in [4.78, 5) is 10.2. The van der Waals surface area contributed by atoms with Crippen LogP contribution in [0.1, 0.15) is 5.76 Å². The standard InChI is InChI=1S/C4H4N2O3/c1-2-3(6-5)9-4(7)8-2/h5H,1H3. The molecule has 0 bridgehead atoms. The second kappa shape index (κ2) is 1.85. The Morgan fingerprint density at radius 2 is 2.22 bits per heavy atom. The maximum atomic E-state index is 10.2. The van der Waals surface area contributed by atoms with Crippen molar-refractivity contribution in [3.8, 4) is 0 Å². The Kier molecular flexibility index (Phi) is 1.18. The lowest BCUT2D eigenvalue weighted by molar-refractivity contribution is 0.380. The summed E-state index contributed by atoms with van der Waals surface area (Å²) in [5, 5.41) is 2.88. The van der Waals surface area contributed by atoms with E-state index in [9.17, 15) is 4.79 Å². The van der Waals surface area contributed by atoms with Gasteiger partial charge >= 0.3 is 5.82 Å². The average Bonchev–Trinajstić information content (AvgIpc) is 2.10. The summed E-state index contributed by atoms with van der Waals surface area (Å²) < 4.78 is 8.66. The summed E-state index contributed by atoms with van der Waals surface area (Å²) in [5.74, 6) is -0.659. The third-order valence-electron chi connectivity index (χ3n) is 0.819. The lowest BCUT2D eigenvalue weighted by Crippen LogP contribution is -1.84. The number of hydrogen-bond acceptors (Lipinski definition) is 5. The summed E-state index contributed by atoms with van der Waals surface area (Å²) in [5.41, 5.74) is 6.43. The van der Waals surface area contributed by atoms with Gasteiger partial charge in [-0.2, -0.15) is 0 Å². The first-order valence-electron chi connectivity index (χ1n) is 2.22. The minimum absolute atomic E-state index is 0.0694. The fourth-order valence-electron chi connectivity index (χ4n) is 0.442. The number of nitrogens with one attached hydrogen (secondary N) is 1. The lowest BCUT2D eigenvalue weighted by Gasteiger charge is -1.75. The van der Waals surface area contributed by atoms with E-state index in [2.05, 4.69) is 13.9 Å². The molecular formula is C4H4N2O3. The van der Waals surface area contributed by atoms with Crippen LogP contribution >= 0.6 is 0 Å². The molecular weight excluding hydrogens is 124 g/mol. The van der Waals surface area contributed by atoms with Crippen molar-refractivity contribution in [1.82, 2.24) is 0 Å². The second-order valence-corrected chi connectivity index (χ2v) is 1.43. The summed E-state index contributed by atoms with van der Waals surface area (Å²) >= 11 is 0. The van der Waals surface area contributed by atoms with Crippen molar-refractivity contribution in [3.63, 3.8) is 0 Å². The molecule has 5 heteroatoms. The number of rotatable bonds is 1. The maximum Gasteiger partial charge on any atom is 0.520 e. The van der Waals surface area contributed by atoms with Crippen molar-refractivity contribution in [2.75, 3.05) is 0 Å². The van der Waals surface area contributed by atoms with Gasteiger partial charge in [-0.15, -0.1) is 5.11 Å². The summed E-state index contributed by atoms with van der Waals surface area (Å²) in [6.07, 6.45) is 0. The molecule has 0 amide bonds. The Morgan fingerprint density at radius 1 is 1.56 bits per heavy atom. The van der Waals surface area contributed by atoms with E-state index >= 15 is 0 Å². The van der Waals surface area contributed by atoms with Crippen LogP contribution < -0.4 is 5.82 Å². The zero-order valence-electron chi connectivity index (χ0n) is 4.67. The van der Waals surface area contributed by atoms with E-state index in [1.807, 2.05) is 0 Å². The second-order valence-electron chi connectivity index (χ2n) is 1.43. The van der Waals surface area contributed by atoms with Crippen LogP contribution in [0.4, 0.5) is 5.88 Å². The normalized spacial score (nSPS) is 9.44. The van der Waals surface area contributed by atoms with Crippen molar-refractivity contribution in [2.45, 2.75) is 6.92 Å². The Balaban J connectivity index is 3.31. The molecule has 0 radical (unpaired) electrons. The molecule has 0 atom stereocenters. The van der Waals surface area contributed by atoms with Crippen LogP contribution in [0.3, 0.4) is 0 Å². The predicted molar refractivity (Wildman–Crippen MR) is 26.8 cm³/mol. The molecule has 0 saturated carbocycles. The van der Waals surface area contributed by atoms with Crippen LogP contribution in [0.5, 0.6) is 0 Å². The minimum Gasteiger partial charge on any atom is -0.394 e. The fourth-order valence-corrected chi connectivity index (χ4v) is 0.442. The molecule has 0 aromatic carbocycles. The highest BCUT2D eigenvalue weighted by molar-refractivity contribution is 5.22. The molecule has 0 unspecified atom stereocenters. The highest BCUT2D eigenvalue weighted by atomic mass is 16.6. The molecule has 1 heterocycles. The SMILES string of the molecule is Cc1oc(=O)oc1N=N. The minimum atomic E-state index is -0.821. The fraction of sp³-hybridized carbons (Fsp3) is 0.250. The van der Waals surface area contributed by atoms with Gasteiger partial charge in [-0.1, -0.05) is 0 Å². The van der Waals surface area contributed by atoms with Crippen molar-refractivity contribution >= 4 is 5.88 Å². The third-order valence-corrected chi connectivity index (χ3v) is 0.819. The van der Waals surface area contributed by atoms with Gasteiger partial charge in [0, 0.05) is 0 Å².